The first-order valence-electron chi connectivity index (χ1n) is 10.1. The molecule has 5 nitrogen and oxygen atoms in total. The van der Waals surface area contributed by atoms with Crippen molar-refractivity contribution in [2.45, 2.75) is 39.0 Å². The van der Waals surface area contributed by atoms with Gasteiger partial charge in [0.1, 0.15) is 9.71 Å². The Balaban J connectivity index is 1.41. The second-order valence-corrected chi connectivity index (χ2v) is 9.57. The molecule has 0 bridgehead atoms. The van der Waals surface area contributed by atoms with Crippen molar-refractivity contribution in [1.29, 1.82) is 0 Å². The van der Waals surface area contributed by atoms with Crippen molar-refractivity contribution in [3.05, 3.63) is 57.4 Å². The van der Waals surface area contributed by atoms with Gasteiger partial charge in [-0.3, -0.25) is 10.1 Å². The fourth-order valence-corrected chi connectivity index (χ4v) is 5.55. The molecule has 3 aromatic heterocycles. The lowest BCUT2D eigenvalue weighted by molar-refractivity contribution is 0.103. The Morgan fingerprint density at radius 1 is 1.10 bits per heavy atom. The maximum absolute atomic E-state index is 12.9. The Labute approximate surface area is 183 Å². The smallest absolute Gasteiger partial charge is 0.269 e. The number of aromatic nitrogens is 2. The lowest BCUT2D eigenvalue weighted by atomic mass is 10.1. The predicted octanol–water partition coefficient (Wildman–Crippen LogP) is 5.83. The highest BCUT2D eigenvalue weighted by Gasteiger charge is 2.21. The fourth-order valence-electron chi connectivity index (χ4n) is 3.85. The summed E-state index contributed by atoms with van der Waals surface area (Å²) in [6, 6.07) is 10.3. The van der Waals surface area contributed by atoms with Crippen molar-refractivity contribution in [3.63, 3.8) is 0 Å². The van der Waals surface area contributed by atoms with Gasteiger partial charge in [-0.25, -0.2) is 9.97 Å². The molecule has 0 saturated heterocycles. The van der Waals surface area contributed by atoms with Crippen LogP contribution in [0, 0.1) is 6.92 Å². The third-order valence-electron chi connectivity index (χ3n) is 5.53. The van der Waals surface area contributed by atoms with Crippen LogP contribution in [0.4, 0.5) is 10.8 Å². The summed E-state index contributed by atoms with van der Waals surface area (Å²) in [6.07, 6.45) is 5.64. The summed E-state index contributed by atoms with van der Waals surface area (Å²) in [5, 5.41) is 6.32. The molecular weight excluding hydrogens is 412 g/mol. The number of thiazole rings is 1. The highest BCUT2D eigenvalue weighted by molar-refractivity contribution is 7.21. The van der Waals surface area contributed by atoms with Crippen LogP contribution in [-0.4, -0.2) is 15.9 Å². The van der Waals surface area contributed by atoms with E-state index < -0.39 is 0 Å². The Morgan fingerprint density at radius 2 is 1.90 bits per heavy atom. The molecular formula is C23H22N4OS2. The van der Waals surface area contributed by atoms with Crippen molar-refractivity contribution >= 4 is 49.6 Å². The predicted molar refractivity (Wildman–Crippen MR) is 126 cm³/mol. The van der Waals surface area contributed by atoms with E-state index in [-0.39, 0.29) is 5.91 Å². The molecule has 0 unspecified atom stereocenters. The molecule has 7 heteroatoms. The second-order valence-electron chi connectivity index (χ2n) is 7.71. The first-order chi connectivity index (χ1) is 14.6. The van der Waals surface area contributed by atoms with Crippen LogP contribution >= 0.6 is 22.7 Å². The zero-order valence-corrected chi connectivity index (χ0v) is 18.3. The van der Waals surface area contributed by atoms with E-state index in [1.54, 1.807) is 0 Å². The molecule has 0 radical (unpaired) electrons. The van der Waals surface area contributed by atoms with E-state index in [9.17, 15) is 4.79 Å². The number of nitrogens with zero attached hydrogens (tertiary/aromatic N) is 2. The lowest BCUT2D eigenvalue weighted by Crippen LogP contribution is -2.11. The molecule has 3 N–H and O–H groups in total. The maximum Gasteiger partial charge on any atom is 0.269 e. The molecule has 1 aliphatic carbocycles. The molecule has 0 saturated carbocycles. The van der Waals surface area contributed by atoms with Gasteiger partial charge in [-0.2, -0.15) is 0 Å². The zero-order valence-electron chi connectivity index (χ0n) is 16.7. The summed E-state index contributed by atoms with van der Waals surface area (Å²) in [5.41, 5.74) is 12.4. The number of amides is 1. The molecule has 0 atom stereocenters. The van der Waals surface area contributed by atoms with Crippen LogP contribution in [0.5, 0.6) is 0 Å². The normalized spacial score (nSPS) is 13.8. The number of thiophene rings is 1. The number of benzene rings is 1. The van der Waals surface area contributed by atoms with Gasteiger partial charge in [0.05, 0.1) is 11.4 Å². The minimum atomic E-state index is -0.226. The zero-order chi connectivity index (χ0) is 20.7. The molecule has 1 amide bonds. The summed E-state index contributed by atoms with van der Waals surface area (Å²) >= 11 is 2.78. The highest BCUT2D eigenvalue weighted by Crippen LogP contribution is 2.36. The van der Waals surface area contributed by atoms with Crippen LogP contribution in [0.1, 0.15) is 45.8 Å². The van der Waals surface area contributed by atoms with Gasteiger partial charge in [-0.1, -0.05) is 36.2 Å². The molecule has 0 fully saturated rings. The van der Waals surface area contributed by atoms with Gasteiger partial charge in [0.25, 0.3) is 5.91 Å². The van der Waals surface area contributed by atoms with Gasteiger partial charge in [-0.15, -0.1) is 22.7 Å². The minimum Gasteiger partial charge on any atom is -0.397 e. The third kappa shape index (κ3) is 3.59. The Morgan fingerprint density at radius 3 is 2.73 bits per heavy atom. The number of fused-ring (bicyclic) bond motifs is 2. The van der Waals surface area contributed by atoms with Gasteiger partial charge in [0, 0.05) is 22.0 Å². The Kier molecular flexibility index (Phi) is 5.00. The van der Waals surface area contributed by atoms with Gasteiger partial charge in [-0.05, 0) is 44.2 Å². The van der Waals surface area contributed by atoms with E-state index in [0.717, 1.165) is 40.0 Å². The van der Waals surface area contributed by atoms with Crippen LogP contribution in [0.2, 0.25) is 0 Å². The number of nitrogens with two attached hydrogens (primary N) is 1. The Hall–Kier alpha value is -2.77. The number of hydrogen-bond donors (Lipinski definition) is 2. The van der Waals surface area contributed by atoms with Crippen molar-refractivity contribution in [2.24, 2.45) is 0 Å². The summed E-state index contributed by atoms with van der Waals surface area (Å²) in [7, 11) is 0. The average Bonchev–Trinajstić information content (AvgIpc) is 3.24. The summed E-state index contributed by atoms with van der Waals surface area (Å²) in [4.78, 5) is 23.7. The number of aryl methyl sites for hydroxylation is 3. The summed E-state index contributed by atoms with van der Waals surface area (Å²) in [6.45, 7) is 2.05. The topological polar surface area (TPSA) is 80.9 Å². The van der Waals surface area contributed by atoms with Crippen molar-refractivity contribution in [2.75, 3.05) is 11.1 Å². The van der Waals surface area contributed by atoms with Crippen LogP contribution in [0.3, 0.4) is 0 Å². The summed E-state index contributed by atoms with van der Waals surface area (Å²) in [5.74, 6) is -0.226. The molecule has 1 aromatic carbocycles. The molecule has 152 valence electrons. The first-order valence-corrected chi connectivity index (χ1v) is 11.8. The van der Waals surface area contributed by atoms with E-state index in [2.05, 4.69) is 35.4 Å². The Bertz CT molecular complexity index is 1240. The number of pyridine rings is 1. The summed E-state index contributed by atoms with van der Waals surface area (Å²) < 4.78 is 0. The molecule has 0 spiro atoms. The van der Waals surface area contributed by atoms with E-state index in [0.29, 0.717) is 15.7 Å². The number of nitrogens with one attached hydrogen (secondary N) is 1. The van der Waals surface area contributed by atoms with Gasteiger partial charge in [0.2, 0.25) is 0 Å². The molecule has 0 aliphatic heterocycles. The van der Waals surface area contributed by atoms with Crippen molar-refractivity contribution < 1.29 is 4.79 Å². The maximum atomic E-state index is 12.9. The monoisotopic (exact) mass is 434 g/mol. The first kappa shape index (κ1) is 19.2. The van der Waals surface area contributed by atoms with E-state index in [1.807, 2.05) is 17.5 Å². The number of nitrogen functional groups attached to an aromatic ring is 1. The molecule has 3 heterocycles. The van der Waals surface area contributed by atoms with Crippen LogP contribution < -0.4 is 11.1 Å². The highest BCUT2D eigenvalue weighted by atomic mass is 32.1. The molecule has 30 heavy (non-hydrogen) atoms. The van der Waals surface area contributed by atoms with E-state index in [1.165, 1.54) is 53.1 Å². The standard InChI is InChI=1S/C23H22N4OS2/c1-13-7-9-14(10-8-13)18-12-29-23(26-18)27-21(28)20-19(24)16-11-15-5-3-2-4-6-17(15)25-22(16)30-20/h7-12H,2-6,24H2,1H3,(H,26,27,28). The number of hydrogen-bond acceptors (Lipinski definition) is 6. The fraction of sp³-hybridized carbons (Fsp3) is 0.261. The van der Waals surface area contributed by atoms with Crippen molar-refractivity contribution in [3.8, 4) is 11.3 Å². The average molecular weight is 435 g/mol. The number of rotatable bonds is 3. The second kappa shape index (κ2) is 7.81. The van der Waals surface area contributed by atoms with Gasteiger partial charge < -0.3 is 5.73 Å². The van der Waals surface area contributed by atoms with Gasteiger partial charge >= 0.3 is 0 Å². The molecule has 4 aromatic rings. The third-order valence-corrected chi connectivity index (χ3v) is 7.40. The van der Waals surface area contributed by atoms with Gasteiger partial charge in [0.15, 0.2) is 5.13 Å². The lowest BCUT2D eigenvalue weighted by Gasteiger charge is -2.04. The van der Waals surface area contributed by atoms with Crippen LogP contribution in [-0.2, 0) is 12.8 Å². The molecule has 5 rings (SSSR count). The molecule has 1 aliphatic rings. The largest absolute Gasteiger partial charge is 0.397 e. The minimum absolute atomic E-state index is 0.226. The number of carbonyl (C=O) groups is 1. The number of carbonyl (C=O) groups excluding carboxylic acids is 1. The van der Waals surface area contributed by atoms with E-state index in [4.69, 9.17) is 10.7 Å². The van der Waals surface area contributed by atoms with Crippen LogP contribution in [0.25, 0.3) is 21.5 Å². The van der Waals surface area contributed by atoms with Crippen molar-refractivity contribution in [1.82, 2.24) is 9.97 Å². The van der Waals surface area contributed by atoms with E-state index >= 15 is 0 Å². The SMILES string of the molecule is Cc1ccc(-c2csc(NC(=O)c3sc4nc5c(cc4c3N)CCCCC5)n2)cc1. The number of anilines is 2. The van der Waals surface area contributed by atoms with Crippen LogP contribution in [0.15, 0.2) is 35.7 Å². The quantitative estimate of drug-likeness (QED) is 0.397.